The Morgan fingerprint density at radius 1 is 1.00 bits per heavy atom. The molecule has 5 rings (SSSR count). The number of hydrazone groups is 1. The van der Waals surface area contributed by atoms with Gasteiger partial charge in [0.15, 0.2) is 11.6 Å². The number of phenols is 1. The van der Waals surface area contributed by atoms with E-state index >= 15 is 0 Å². The number of anilines is 4. The molecular weight excluding hydrogens is 497 g/mol. The lowest BCUT2D eigenvalue weighted by Crippen LogP contribution is -2.37. The van der Waals surface area contributed by atoms with E-state index in [1.165, 1.54) is 12.3 Å². The number of rotatable bonds is 7. The van der Waals surface area contributed by atoms with Crippen LogP contribution in [0.3, 0.4) is 0 Å². The minimum absolute atomic E-state index is 0.111. The van der Waals surface area contributed by atoms with Crippen molar-refractivity contribution >= 4 is 41.0 Å². The maximum atomic E-state index is 14.2. The first-order valence-corrected chi connectivity index (χ1v) is 11.9. The number of halogens is 2. The highest BCUT2D eigenvalue weighted by Crippen LogP contribution is 2.30. The Balaban J connectivity index is 1.21. The number of benzene rings is 2. The summed E-state index contributed by atoms with van der Waals surface area (Å²) in [5.74, 6) is 0.0314. The third-order valence-corrected chi connectivity index (χ3v) is 5.77. The Kier molecular flexibility index (Phi) is 7.38. The molecule has 0 atom stereocenters. The molecule has 0 unspecified atom stereocenters. The van der Waals surface area contributed by atoms with Gasteiger partial charge in [0.25, 0.3) is 0 Å². The number of ether oxygens (including phenoxy) is 1. The van der Waals surface area contributed by atoms with Crippen LogP contribution < -0.4 is 15.6 Å². The highest BCUT2D eigenvalue weighted by Gasteiger charge is 2.17. The Morgan fingerprint density at radius 2 is 1.86 bits per heavy atom. The smallest absolute Gasteiger partial charge is 0.245 e. The Labute approximate surface area is 217 Å². The number of hydrogen-bond acceptors (Lipinski definition) is 9. The van der Waals surface area contributed by atoms with Crippen molar-refractivity contribution in [3.8, 4) is 16.9 Å². The molecule has 1 aliphatic heterocycles. The van der Waals surface area contributed by atoms with Crippen LogP contribution in [0, 0.1) is 5.82 Å². The van der Waals surface area contributed by atoms with E-state index in [2.05, 4.69) is 30.8 Å². The second kappa shape index (κ2) is 11.2. The molecule has 4 aromatic rings. The van der Waals surface area contributed by atoms with Gasteiger partial charge in [0, 0.05) is 23.8 Å². The lowest BCUT2D eigenvalue weighted by atomic mass is 10.0. The van der Waals surface area contributed by atoms with Crippen LogP contribution in [0.4, 0.5) is 27.5 Å². The van der Waals surface area contributed by atoms with Crippen LogP contribution in [-0.4, -0.2) is 52.6 Å². The van der Waals surface area contributed by atoms with Gasteiger partial charge in [-0.25, -0.2) is 14.8 Å². The van der Waals surface area contributed by atoms with Gasteiger partial charge >= 0.3 is 0 Å². The van der Waals surface area contributed by atoms with Gasteiger partial charge in [-0.3, -0.25) is 4.98 Å². The van der Waals surface area contributed by atoms with Gasteiger partial charge in [-0.15, -0.1) is 0 Å². The summed E-state index contributed by atoms with van der Waals surface area (Å²) in [5, 5.41) is 17.7. The number of morpholine rings is 1. The number of pyridine rings is 1. The molecule has 188 valence electrons. The van der Waals surface area contributed by atoms with E-state index in [-0.39, 0.29) is 17.5 Å². The van der Waals surface area contributed by atoms with Gasteiger partial charge < -0.3 is 20.1 Å². The molecule has 0 bridgehead atoms. The zero-order valence-corrected chi connectivity index (χ0v) is 20.4. The van der Waals surface area contributed by atoms with Crippen molar-refractivity contribution in [2.45, 2.75) is 0 Å². The van der Waals surface area contributed by atoms with Crippen molar-refractivity contribution < 1.29 is 14.2 Å². The van der Waals surface area contributed by atoms with Gasteiger partial charge in [-0.1, -0.05) is 23.7 Å². The summed E-state index contributed by atoms with van der Waals surface area (Å²) in [4.78, 5) is 14.4. The van der Waals surface area contributed by atoms with Crippen LogP contribution in [-0.2, 0) is 4.74 Å². The van der Waals surface area contributed by atoms with Crippen molar-refractivity contribution in [3.05, 3.63) is 83.5 Å². The second-order valence-corrected chi connectivity index (χ2v) is 8.65. The number of phenolic OH excluding ortho intramolecular Hbond substituents is 1. The summed E-state index contributed by atoms with van der Waals surface area (Å²) in [6.45, 7) is 2.18. The quantitative estimate of drug-likeness (QED) is 0.230. The van der Waals surface area contributed by atoms with Crippen LogP contribution in [0.15, 0.2) is 72.1 Å². The molecule has 0 amide bonds. The number of hydrogen-bond donors (Lipinski definition) is 3. The third kappa shape index (κ3) is 6.29. The maximum absolute atomic E-state index is 14.2. The summed E-state index contributed by atoms with van der Waals surface area (Å²) in [6, 6.07) is 16.4. The minimum atomic E-state index is -0.488. The fourth-order valence-corrected chi connectivity index (χ4v) is 4.03. The maximum Gasteiger partial charge on any atom is 0.245 e. The second-order valence-electron chi connectivity index (χ2n) is 8.21. The average Bonchev–Trinajstić information content (AvgIpc) is 2.91. The predicted octanol–water partition coefficient (Wildman–Crippen LogP) is 5.06. The lowest BCUT2D eigenvalue weighted by Gasteiger charge is -2.27. The van der Waals surface area contributed by atoms with E-state index in [1.54, 1.807) is 24.4 Å². The lowest BCUT2D eigenvalue weighted by molar-refractivity contribution is 0.122. The molecular formula is C26H23ClFN7O2. The molecule has 0 saturated carbocycles. The number of aromatic hydroxyl groups is 1. The first kappa shape index (κ1) is 24.4. The monoisotopic (exact) mass is 519 g/mol. The molecule has 3 heterocycles. The average molecular weight is 520 g/mol. The molecule has 2 aromatic carbocycles. The molecule has 37 heavy (non-hydrogen) atoms. The Morgan fingerprint density at radius 3 is 2.65 bits per heavy atom. The van der Waals surface area contributed by atoms with Gasteiger partial charge in [0.1, 0.15) is 5.75 Å². The van der Waals surface area contributed by atoms with Crippen LogP contribution in [0.2, 0.25) is 5.02 Å². The first-order valence-electron chi connectivity index (χ1n) is 11.5. The Bertz CT molecular complexity index is 1390. The molecule has 1 fully saturated rings. The Hall–Kier alpha value is -4.28. The number of nitrogens with zero attached hydrogens (tertiary/aromatic N) is 5. The molecule has 0 aliphatic carbocycles. The molecule has 0 radical (unpaired) electrons. The summed E-state index contributed by atoms with van der Waals surface area (Å²) >= 11 is 6.07. The fourth-order valence-electron chi connectivity index (χ4n) is 3.80. The van der Waals surface area contributed by atoms with Crippen LogP contribution in [0.5, 0.6) is 5.75 Å². The van der Waals surface area contributed by atoms with Gasteiger partial charge in [-0.05, 0) is 53.6 Å². The van der Waals surface area contributed by atoms with Crippen molar-refractivity contribution in [1.29, 1.82) is 0 Å². The van der Waals surface area contributed by atoms with E-state index < -0.39 is 5.82 Å². The highest BCUT2D eigenvalue weighted by atomic mass is 35.5. The third-order valence-electron chi connectivity index (χ3n) is 5.55. The SMILES string of the molecule is Oc1cc(Cl)cc(-c2cccc(Nc3ccc(/C=N/Nc4ncc(F)c(N5CCOCC5)n4)nc3)c2)c1. The van der Waals surface area contributed by atoms with Crippen molar-refractivity contribution in [1.82, 2.24) is 15.0 Å². The van der Waals surface area contributed by atoms with Crippen molar-refractivity contribution in [2.75, 3.05) is 41.9 Å². The molecule has 1 saturated heterocycles. The fraction of sp³-hybridized carbons (Fsp3) is 0.154. The summed E-state index contributed by atoms with van der Waals surface area (Å²) in [6.07, 6.45) is 4.33. The van der Waals surface area contributed by atoms with Crippen molar-refractivity contribution in [2.24, 2.45) is 5.10 Å². The molecule has 0 spiro atoms. The van der Waals surface area contributed by atoms with E-state index in [0.29, 0.717) is 37.0 Å². The van der Waals surface area contributed by atoms with Crippen LogP contribution >= 0.6 is 11.6 Å². The summed E-state index contributed by atoms with van der Waals surface area (Å²) in [7, 11) is 0. The summed E-state index contributed by atoms with van der Waals surface area (Å²) in [5.41, 5.74) is 6.69. The van der Waals surface area contributed by atoms with E-state index in [4.69, 9.17) is 16.3 Å². The first-order chi connectivity index (χ1) is 18.0. The van der Waals surface area contributed by atoms with E-state index in [0.717, 1.165) is 28.7 Å². The molecule has 1 aliphatic rings. The summed E-state index contributed by atoms with van der Waals surface area (Å²) < 4.78 is 19.5. The van der Waals surface area contributed by atoms with Gasteiger partial charge in [-0.2, -0.15) is 10.1 Å². The normalized spacial score (nSPS) is 13.6. The van der Waals surface area contributed by atoms with Gasteiger partial charge in [0.2, 0.25) is 5.95 Å². The van der Waals surface area contributed by atoms with Gasteiger partial charge in [0.05, 0.1) is 43.2 Å². The zero-order valence-electron chi connectivity index (χ0n) is 19.6. The minimum Gasteiger partial charge on any atom is -0.508 e. The molecule has 9 nitrogen and oxygen atoms in total. The largest absolute Gasteiger partial charge is 0.508 e. The standard InChI is InChI=1S/C26H23ClFN7O2/c27-19-10-18(12-23(36)13-19)17-2-1-3-20(11-17)32-22-5-4-21(29-14-22)15-31-34-26-30-16-24(28)25(33-26)35-6-8-37-9-7-35/h1-5,10-16,32,36H,6-9H2,(H,30,33,34)/b31-15+. The van der Waals surface area contributed by atoms with Crippen LogP contribution in [0.25, 0.3) is 11.1 Å². The molecule has 3 N–H and O–H groups in total. The van der Waals surface area contributed by atoms with Crippen LogP contribution in [0.1, 0.15) is 5.69 Å². The zero-order chi connectivity index (χ0) is 25.6. The number of nitrogens with one attached hydrogen (secondary N) is 2. The van der Waals surface area contributed by atoms with Crippen molar-refractivity contribution in [3.63, 3.8) is 0 Å². The topological polar surface area (TPSA) is 108 Å². The molecule has 2 aromatic heterocycles. The van der Waals surface area contributed by atoms with E-state index in [9.17, 15) is 9.50 Å². The van der Waals surface area contributed by atoms with E-state index in [1.807, 2.05) is 35.2 Å². The number of aromatic nitrogens is 3. The predicted molar refractivity (Wildman–Crippen MR) is 142 cm³/mol. The highest BCUT2D eigenvalue weighted by molar-refractivity contribution is 6.31. The molecule has 11 heteroatoms.